The molecule has 1 amide bonds. The van der Waals surface area contributed by atoms with E-state index in [-0.39, 0.29) is 11.6 Å². The third-order valence-electron chi connectivity index (χ3n) is 3.21. The van der Waals surface area contributed by atoms with E-state index in [0.717, 1.165) is 4.70 Å². The smallest absolute Gasteiger partial charge is 0.266 e. The summed E-state index contributed by atoms with van der Waals surface area (Å²) in [6.07, 6.45) is 1.46. The van der Waals surface area contributed by atoms with Crippen molar-refractivity contribution in [3.63, 3.8) is 0 Å². The predicted molar refractivity (Wildman–Crippen MR) is 95.0 cm³/mol. The van der Waals surface area contributed by atoms with Crippen LogP contribution in [0.4, 0.5) is 5.69 Å². The lowest BCUT2D eigenvalue weighted by Crippen LogP contribution is -2.16. The minimum absolute atomic E-state index is 0.0102. The summed E-state index contributed by atoms with van der Waals surface area (Å²) in [6, 6.07) is 13.2. The van der Waals surface area contributed by atoms with Crippen molar-refractivity contribution in [1.29, 1.82) is 0 Å². The van der Waals surface area contributed by atoms with Gasteiger partial charge in [-0.25, -0.2) is 5.43 Å². The molecule has 0 fully saturated rings. The molecule has 24 heavy (non-hydrogen) atoms. The Labute approximate surface area is 145 Å². The molecule has 0 unspecified atom stereocenters. The fourth-order valence-electron chi connectivity index (χ4n) is 2.05. The monoisotopic (exact) mass is 359 g/mol. The number of hydrazone groups is 1. The number of carbonyl (C=O) groups is 1. The summed E-state index contributed by atoms with van der Waals surface area (Å²) in [5.74, 6) is -0.387. The van der Waals surface area contributed by atoms with Gasteiger partial charge in [0, 0.05) is 32.8 Å². The van der Waals surface area contributed by atoms with E-state index in [1.807, 2.05) is 6.07 Å². The molecule has 0 spiro atoms. The number of nitrogens with one attached hydrogen (secondary N) is 1. The standard InChI is InChI=1S/C16H10ClN3O3S/c17-13-4-2-1-3-10(13)9-18-19-16(21)15-8-11-7-12(20(22)23)5-6-14(11)24-15/h1-9H,(H,19,21)/b18-9-. The van der Waals surface area contributed by atoms with E-state index >= 15 is 0 Å². The van der Waals surface area contributed by atoms with E-state index in [4.69, 9.17) is 11.6 Å². The number of benzene rings is 2. The summed E-state index contributed by atoms with van der Waals surface area (Å²) in [4.78, 5) is 22.9. The van der Waals surface area contributed by atoms with Crippen LogP contribution in [0.5, 0.6) is 0 Å². The van der Waals surface area contributed by atoms with Crippen LogP contribution in [0.1, 0.15) is 15.2 Å². The molecule has 0 aliphatic rings. The maximum atomic E-state index is 12.1. The molecule has 8 heteroatoms. The van der Waals surface area contributed by atoms with Crippen LogP contribution in [0, 0.1) is 10.1 Å². The first-order valence-electron chi connectivity index (χ1n) is 6.80. The zero-order chi connectivity index (χ0) is 17.1. The first kappa shape index (κ1) is 16.1. The number of rotatable bonds is 4. The fraction of sp³-hybridized carbons (Fsp3) is 0. The van der Waals surface area contributed by atoms with Crippen molar-refractivity contribution >= 4 is 50.8 Å². The number of nitro groups is 1. The average molecular weight is 360 g/mol. The number of non-ortho nitro benzene ring substituents is 1. The Balaban J connectivity index is 1.76. The molecule has 0 atom stereocenters. The second-order valence-electron chi connectivity index (χ2n) is 4.81. The van der Waals surface area contributed by atoms with Gasteiger partial charge in [0.05, 0.1) is 16.0 Å². The van der Waals surface area contributed by atoms with Gasteiger partial charge in [-0.2, -0.15) is 5.10 Å². The van der Waals surface area contributed by atoms with Crippen molar-refractivity contribution in [3.8, 4) is 0 Å². The number of carbonyl (C=O) groups excluding carboxylic acids is 1. The first-order chi connectivity index (χ1) is 11.5. The maximum absolute atomic E-state index is 12.1. The number of hydrogen-bond donors (Lipinski definition) is 1. The van der Waals surface area contributed by atoms with Crippen molar-refractivity contribution in [2.75, 3.05) is 0 Å². The van der Waals surface area contributed by atoms with E-state index in [9.17, 15) is 14.9 Å². The van der Waals surface area contributed by atoms with Crippen molar-refractivity contribution < 1.29 is 9.72 Å². The van der Waals surface area contributed by atoms with E-state index in [0.29, 0.717) is 20.8 Å². The second kappa shape index (κ2) is 6.77. The molecule has 0 aliphatic heterocycles. The Kier molecular flexibility index (Phi) is 4.54. The van der Waals surface area contributed by atoms with Gasteiger partial charge in [0.1, 0.15) is 0 Å². The Hall–Kier alpha value is -2.77. The fourth-order valence-corrected chi connectivity index (χ4v) is 3.17. The lowest BCUT2D eigenvalue weighted by molar-refractivity contribution is -0.384. The summed E-state index contributed by atoms with van der Waals surface area (Å²) in [5, 5.41) is 15.9. The molecule has 0 aliphatic carbocycles. The average Bonchev–Trinajstić information content (AvgIpc) is 2.99. The van der Waals surface area contributed by atoms with Crippen molar-refractivity contribution in [2.45, 2.75) is 0 Å². The van der Waals surface area contributed by atoms with Crippen molar-refractivity contribution in [3.05, 3.63) is 74.1 Å². The van der Waals surface area contributed by atoms with E-state index < -0.39 is 4.92 Å². The lowest BCUT2D eigenvalue weighted by Gasteiger charge is -1.97. The highest BCUT2D eigenvalue weighted by Gasteiger charge is 2.12. The van der Waals surface area contributed by atoms with Crippen molar-refractivity contribution in [1.82, 2.24) is 5.43 Å². The molecule has 0 bridgehead atoms. The van der Waals surface area contributed by atoms with Gasteiger partial charge in [-0.05, 0) is 18.2 Å². The molecule has 1 aromatic heterocycles. The van der Waals surface area contributed by atoms with Crippen LogP contribution in [0.3, 0.4) is 0 Å². The minimum atomic E-state index is -0.468. The Morgan fingerprint density at radius 2 is 2.04 bits per heavy atom. The van der Waals surface area contributed by atoms with Crippen LogP contribution < -0.4 is 5.43 Å². The maximum Gasteiger partial charge on any atom is 0.281 e. The van der Waals surface area contributed by atoms with Crippen LogP contribution in [0.2, 0.25) is 5.02 Å². The molecule has 2 aromatic carbocycles. The van der Waals surface area contributed by atoms with Crippen LogP contribution >= 0.6 is 22.9 Å². The number of nitrogens with zero attached hydrogens (tertiary/aromatic N) is 2. The minimum Gasteiger partial charge on any atom is -0.266 e. The number of fused-ring (bicyclic) bond motifs is 1. The van der Waals surface area contributed by atoms with Crippen molar-refractivity contribution in [2.24, 2.45) is 5.10 Å². The molecular formula is C16H10ClN3O3S. The normalized spacial score (nSPS) is 11.0. The first-order valence-corrected chi connectivity index (χ1v) is 8.00. The van der Waals surface area contributed by atoms with Gasteiger partial charge in [-0.3, -0.25) is 14.9 Å². The molecule has 3 aromatic rings. The van der Waals surface area contributed by atoms with Crippen LogP contribution in [-0.4, -0.2) is 17.0 Å². The Morgan fingerprint density at radius 1 is 1.25 bits per heavy atom. The molecular weight excluding hydrogens is 350 g/mol. The number of thiophene rings is 1. The Morgan fingerprint density at radius 3 is 2.79 bits per heavy atom. The molecule has 120 valence electrons. The summed E-state index contributed by atoms with van der Waals surface area (Å²) < 4.78 is 0.792. The highest BCUT2D eigenvalue weighted by atomic mass is 35.5. The number of nitro benzene ring substituents is 1. The van der Waals surface area contributed by atoms with Gasteiger partial charge < -0.3 is 0 Å². The quantitative estimate of drug-likeness (QED) is 0.430. The highest BCUT2D eigenvalue weighted by molar-refractivity contribution is 7.20. The molecule has 1 N–H and O–H groups in total. The number of amides is 1. The second-order valence-corrected chi connectivity index (χ2v) is 6.30. The lowest BCUT2D eigenvalue weighted by atomic mass is 10.2. The molecule has 0 saturated carbocycles. The summed E-state index contributed by atoms with van der Waals surface area (Å²) in [5.41, 5.74) is 3.10. The van der Waals surface area contributed by atoms with Crippen LogP contribution in [0.25, 0.3) is 10.1 Å². The van der Waals surface area contributed by atoms with Gasteiger partial charge in [0.25, 0.3) is 11.6 Å². The number of halogens is 1. The van der Waals surface area contributed by atoms with Gasteiger partial charge in [-0.1, -0.05) is 29.8 Å². The summed E-state index contributed by atoms with van der Waals surface area (Å²) in [7, 11) is 0. The van der Waals surface area contributed by atoms with Crippen LogP contribution in [-0.2, 0) is 0 Å². The summed E-state index contributed by atoms with van der Waals surface area (Å²) in [6.45, 7) is 0. The Bertz CT molecular complexity index is 968. The summed E-state index contributed by atoms with van der Waals surface area (Å²) >= 11 is 7.23. The molecule has 6 nitrogen and oxygen atoms in total. The van der Waals surface area contributed by atoms with Crippen LogP contribution in [0.15, 0.2) is 53.6 Å². The molecule has 0 radical (unpaired) electrons. The van der Waals surface area contributed by atoms with Gasteiger partial charge in [-0.15, -0.1) is 11.3 Å². The zero-order valence-electron chi connectivity index (χ0n) is 12.1. The largest absolute Gasteiger partial charge is 0.281 e. The third-order valence-corrected chi connectivity index (χ3v) is 4.67. The zero-order valence-corrected chi connectivity index (χ0v) is 13.7. The SMILES string of the molecule is O=C(N/N=C\c1ccccc1Cl)c1cc2cc([N+](=O)[O-])ccc2s1. The van der Waals surface area contributed by atoms with Gasteiger partial charge >= 0.3 is 0 Å². The molecule has 0 saturated heterocycles. The predicted octanol–water partition coefficient (Wildman–Crippen LogP) is 4.23. The van der Waals surface area contributed by atoms with E-state index in [1.165, 1.54) is 29.7 Å². The number of hydrogen-bond acceptors (Lipinski definition) is 5. The highest BCUT2D eigenvalue weighted by Crippen LogP contribution is 2.28. The third kappa shape index (κ3) is 3.42. The molecule has 3 rings (SSSR count). The van der Waals surface area contributed by atoms with Gasteiger partial charge in [0.15, 0.2) is 0 Å². The molecule has 1 heterocycles. The van der Waals surface area contributed by atoms with Gasteiger partial charge in [0.2, 0.25) is 0 Å². The topological polar surface area (TPSA) is 84.6 Å². The van der Waals surface area contributed by atoms with E-state index in [2.05, 4.69) is 10.5 Å². The van der Waals surface area contributed by atoms with E-state index in [1.54, 1.807) is 30.3 Å².